The Hall–Kier alpha value is -5.94. The van der Waals surface area contributed by atoms with Crippen LogP contribution in [0.5, 0.6) is 0 Å². The lowest BCUT2D eigenvalue weighted by atomic mass is 9.81. The van der Waals surface area contributed by atoms with Gasteiger partial charge in [0.05, 0.1) is 0 Å². The van der Waals surface area contributed by atoms with Crippen LogP contribution < -0.4 is 15.6 Å². The molecule has 0 amide bonds. The Kier molecular flexibility index (Phi) is 7.39. The van der Waals surface area contributed by atoms with Crippen molar-refractivity contribution >= 4 is 45.2 Å². The van der Waals surface area contributed by atoms with E-state index < -0.39 is 8.07 Å². The van der Waals surface area contributed by atoms with E-state index in [1.54, 1.807) is 0 Å². The fraction of sp³-hybridized carbons (Fsp3) is 0.0800. The predicted octanol–water partition coefficient (Wildman–Crippen LogP) is 10.3. The standard InChI is InChI=1S/C50H38Si/c1-35-27-29-41-42(31-32-51(37-17-7-4-8-18-37,38-19-9-5-10-20-38)39-21-11-6-12-22-39)40-23-13-14-25-44(40)49(46(41)33-35)36-28-30-48-45(34-36)43-24-15-16-26-47(43)50(48,2)3/h4-30,33-34H,1-3H3. The first-order valence-corrected chi connectivity index (χ1v) is 19.9. The van der Waals surface area contributed by atoms with Crippen LogP contribution in [0.1, 0.15) is 36.1 Å². The van der Waals surface area contributed by atoms with E-state index in [1.165, 1.54) is 76.0 Å². The van der Waals surface area contributed by atoms with Gasteiger partial charge in [-0.2, -0.15) is 0 Å². The van der Waals surface area contributed by atoms with Gasteiger partial charge in [0.25, 0.3) is 0 Å². The molecule has 0 aliphatic heterocycles. The number of rotatable bonds is 4. The molecule has 0 radical (unpaired) electrons. The highest BCUT2D eigenvalue weighted by Crippen LogP contribution is 2.50. The van der Waals surface area contributed by atoms with E-state index in [0.29, 0.717) is 0 Å². The van der Waals surface area contributed by atoms with Gasteiger partial charge in [0.15, 0.2) is 0 Å². The Morgan fingerprint density at radius 3 is 1.63 bits per heavy atom. The highest BCUT2D eigenvalue weighted by Gasteiger charge is 2.38. The number of fused-ring (bicyclic) bond motifs is 5. The minimum atomic E-state index is -2.79. The number of hydrogen-bond donors (Lipinski definition) is 0. The molecule has 0 unspecified atom stereocenters. The summed E-state index contributed by atoms with van der Waals surface area (Å²) in [5.74, 6) is 3.94. The first-order valence-electron chi connectivity index (χ1n) is 17.9. The van der Waals surface area contributed by atoms with Gasteiger partial charge in [-0.25, -0.2) is 0 Å². The number of hydrogen-bond acceptors (Lipinski definition) is 0. The van der Waals surface area contributed by atoms with Crippen molar-refractivity contribution in [2.24, 2.45) is 0 Å². The molecule has 0 aromatic heterocycles. The van der Waals surface area contributed by atoms with E-state index in [1.807, 2.05) is 0 Å². The van der Waals surface area contributed by atoms with E-state index in [2.05, 4.69) is 208 Å². The minimum Gasteiger partial charge on any atom is -0.109 e. The monoisotopic (exact) mass is 666 g/mol. The van der Waals surface area contributed by atoms with Gasteiger partial charge in [0, 0.05) is 11.0 Å². The Bertz CT molecular complexity index is 2560. The molecule has 0 fully saturated rings. The van der Waals surface area contributed by atoms with Gasteiger partial charge in [-0.05, 0) is 83.5 Å². The van der Waals surface area contributed by atoms with Gasteiger partial charge < -0.3 is 0 Å². The van der Waals surface area contributed by atoms with Gasteiger partial charge in [-0.3, -0.25) is 0 Å². The highest BCUT2D eigenvalue weighted by atomic mass is 28.3. The smallest absolute Gasteiger partial charge is 0.109 e. The molecule has 0 saturated carbocycles. The first kappa shape index (κ1) is 31.1. The Morgan fingerprint density at radius 1 is 0.451 bits per heavy atom. The summed E-state index contributed by atoms with van der Waals surface area (Å²) in [5, 5.41) is 8.73. The summed E-state index contributed by atoms with van der Waals surface area (Å²) < 4.78 is 0. The van der Waals surface area contributed by atoms with E-state index in [0.717, 1.165) is 5.56 Å². The molecule has 51 heavy (non-hydrogen) atoms. The number of aryl methyl sites for hydroxylation is 1. The fourth-order valence-corrected chi connectivity index (χ4v) is 12.4. The zero-order valence-corrected chi connectivity index (χ0v) is 30.2. The summed E-state index contributed by atoms with van der Waals surface area (Å²) in [6, 6.07) is 64.8. The van der Waals surface area contributed by atoms with Crippen LogP contribution in [0.3, 0.4) is 0 Å². The van der Waals surface area contributed by atoms with Crippen molar-refractivity contribution in [3.05, 3.63) is 198 Å². The fourth-order valence-electron chi connectivity index (χ4n) is 8.55. The second kappa shape index (κ2) is 12.1. The average molecular weight is 667 g/mol. The van der Waals surface area contributed by atoms with Gasteiger partial charge >= 0.3 is 0 Å². The summed E-state index contributed by atoms with van der Waals surface area (Å²) in [6.07, 6.45) is 0. The molecule has 0 heterocycles. The second-order valence-corrected chi connectivity index (χ2v) is 17.9. The normalized spacial score (nSPS) is 13.0. The van der Waals surface area contributed by atoms with Crippen molar-refractivity contribution in [2.75, 3.05) is 0 Å². The van der Waals surface area contributed by atoms with Gasteiger partial charge in [-0.1, -0.05) is 195 Å². The van der Waals surface area contributed by atoms with E-state index in [-0.39, 0.29) is 5.41 Å². The SMILES string of the molecule is Cc1ccc2c(C#C[Si](c3ccccc3)(c3ccccc3)c3ccccc3)c3ccccc3c(-c3ccc4c(c3)-c3ccccc3C4(C)C)c2c1. The largest absolute Gasteiger partial charge is 0.230 e. The Balaban J connectivity index is 1.35. The van der Waals surface area contributed by atoms with Crippen LogP contribution in [0.2, 0.25) is 0 Å². The van der Waals surface area contributed by atoms with Crippen LogP contribution in [-0.2, 0) is 5.41 Å². The predicted molar refractivity (Wildman–Crippen MR) is 220 cm³/mol. The molecule has 1 heteroatoms. The molecule has 0 atom stereocenters. The lowest BCUT2D eigenvalue weighted by molar-refractivity contribution is 0.660. The number of benzene rings is 8. The topological polar surface area (TPSA) is 0 Å². The lowest BCUT2D eigenvalue weighted by Gasteiger charge is -2.28. The van der Waals surface area contributed by atoms with Crippen LogP contribution >= 0.6 is 0 Å². The van der Waals surface area contributed by atoms with Gasteiger partial charge in [-0.15, -0.1) is 5.54 Å². The third-order valence-electron chi connectivity index (χ3n) is 11.0. The van der Waals surface area contributed by atoms with Crippen LogP contribution in [0.4, 0.5) is 0 Å². The molecule has 9 rings (SSSR count). The van der Waals surface area contributed by atoms with Crippen molar-refractivity contribution in [3.8, 4) is 33.7 Å². The molecule has 242 valence electrons. The molecule has 8 aromatic carbocycles. The van der Waals surface area contributed by atoms with Crippen LogP contribution in [0.15, 0.2) is 176 Å². The molecule has 8 aromatic rings. The summed E-state index contributed by atoms with van der Waals surface area (Å²) in [4.78, 5) is 0. The van der Waals surface area contributed by atoms with Crippen LogP contribution in [-0.4, -0.2) is 8.07 Å². The van der Waals surface area contributed by atoms with E-state index in [4.69, 9.17) is 0 Å². The second-order valence-electron chi connectivity index (χ2n) is 14.4. The molecule has 1 aliphatic carbocycles. The Morgan fingerprint density at radius 2 is 0.980 bits per heavy atom. The van der Waals surface area contributed by atoms with Crippen molar-refractivity contribution in [3.63, 3.8) is 0 Å². The van der Waals surface area contributed by atoms with Crippen molar-refractivity contribution in [2.45, 2.75) is 26.2 Å². The maximum absolute atomic E-state index is 4.10. The lowest BCUT2D eigenvalue weighted by Crippen LogP contribution is -2.66. The minimum absolute atomic E-state index is 0.0305. The van der Waals surface area contributed by atoms with Gasteiger partial charge in [0.2, 0.25) is 8.07 Å². The highest BCUT2D eigenvalue weighted by molar-refractivity contribution is 7.16. The molecule has 0 spiro atoms. The molecule has 0 saturated heterocycles. The summed E-state index contributed by atoms with van der Waals surface area (Å²) >= 11 is 0. The van der Waals surface area contributed by atoms with Crippen molar-refractivity contribution in [1.82, 2.24) is 0 Å². The van der Waals surface area contributed by atoms with Crippen molar-refractivity contribution in [1.29, 1.82) is 0 Å². The maximum Gasteiger partial charge on any atom is 0.230 e. The van der Waals surface area contributed by atoms with Gasteiger partial charge in [0.1, 0.15) is 0 Å². The summed E-state index contributed by atoms with van der Waals surface area (Å²) in [5.41, 5.74) is 14.4. The third kappa shape index (κ3) is 4.90. The van der Waals surface area contributed by atoms with Crippen LogP contribution in [0.25, 0.3) is 43.8 Å². The zero-order chi connectivity index (χ0) is 34.6. The summed E-state index contributed by atoms with van der Waals surface area (Å²) in [7, 11) is -2.79. The third-order valence-corrected chi connectivity index (χ3v) is 15.1. The molecule has 0 bridgehead atoms. The van der Waals surface area contributed by atoms with Crippen LogP contribution in [0, 0.1) is 18.4 Å². The average Bonchev–Trinajstić information content (AvgIpc) is 3.41. The molecule has 0 N–H and O–H groups in total. The zero-order valence-electron chi connectivity index (χ0n) is 29.2. The molecular formula is C50H38Si. The van der Waals surface area contributed by atoms with E-state index in [9.17, 15) is 0 Å². The first-order chi connectivity index (χ1) is 25.0. The Labute approximate surface area is 302 Å². The van der Waals surface area contributed by atoms with E-state index >= 15 is 0 Å². The molecule has 1 aliphatic rings. The molecule has 0 nitrogen and oxygen atoms in total. The summed E-state index contributed by atoms with van der Waals surface area (Å²) in [6.45, 7) is 6.90. The quantitative estimate of drug-likeness (QED) is 0.0759. The maximum atomic E-state index is 4.10. The molecular weight excluding hydrogens is 629 g/mol. The van der Waals surface area contributed by atoms with Crippen molar-refractivity contribution < 1.29 is 0 Å².